The van der Waals surface area contributed by atoms with Crippen molar-refractivity contribution >= 4 is 59.2 Å². The quantitative estimate of drug-likeness (QED) is 0.0977. The molecule has 0 aromatic heterocycles. The van der Waals surface area contributed by atoms with E-state index in [1.54, 1.807) is 0 Å². The van der Waals surface area contributed by atoms with Crippen LogP contribution in [0.2, 0.25) is 39.3 Å². The van der Waals surface area contributed by atoms with E-state index in [0.717, 1.165) is 11.1 Å². The third-order valence-electron chi connectivity index (χ3n) is 5.81. The Kier molecular flexibility index (Phi) is 4.72. The van der Waals surface area contributed by atoms with Crippen LogP contribution >= 0.6 is 0 Å². The first-order chi connectivity index (χ1) is 15.1. The molecular weight excluding hydrogens is 417 g/mol. The van der Waals surface area contributed by atoms with Crippen molar-refractivity contribution in [2.24, 2.45) is 0 Å². The molecule has 0 atom stereocenters. The summed E-state index contributed by atoms with van der Waals surface area (Å²) in [4.78, 5) is 0. The normalized spacial score (nSPS) is 12.2. The van der Waals surface area contributed by atoms with Crippen LogP contribution in [-0.4, -0.2) is 16.1 Å². The molecule has 0 fully saturated rings. The molecule has 5 rings (SSSR count). The van der Waals surface area contributed by atoms with Gasteiger partial charge in [0.2, 0.25) is 0 Å². The first-order valence-electron chi connectivity index (χ1n) is 11.3. The lowest BCUT2D eigenvalue weighted by atomic mass is 9.87. The highest BCUT2D eigenvalue weighted by molar-refractivity contribution is 6.84. The van der Waals surface area contributed by atoms with Gasteiger partial charge in [-0.1, -0.05) is 99.7 Å². The Labute approximate surface area is 193 Å². The van der Waals surface area contributed by atoms with Gasteiger partial charge in [0.15, 0.2) is 0 Å². The molecule has 32 heavy (non-hydrogen) atoms. The summed E-state index contributed by atoms with van der Waals surface area (Å²) in [5, 5.41) is 10.4. The molecular formula is C30H28Si2. The second kappa shape index (κ2) is 7.24. The van der Waals surface area contributed by atoms with Gasteiger partial charge in [0.05, 0.1) is 0 Å². The highest BCUT2D eigenvalue weighted by Crippen LogP contribution is 2.41. The summed E-state index contributed by atoms with van der Waals surface area (Å²) in [6, 6.07) is 22.3. The third kappa shape index (κ3) is 3.61. The first kappa shape index (κ1) is 20.8. The molecule has 0 aliphatic carbocycles. The van der Waals surface area contributed by atoms with Crippen LogP contribution in [0.1, 0.15) is 11.1 Å². The number of hydrogen-bond donors (Lipinski definition) is 0. The molecule has 5 aromatic carbocycles. The fourth-order valence-corrected chi connectivity index (χ4v) is 5.46. The minimum Gasteiger partial charge on any atom is -0.127 e. The average molecular weight is 445 g/mol. The van der Waals surface area contributed by atoms with E-state index in [4.69, 9.17) is 0 Å². The van der Waals surface area contributed by atoms with Gasteiger partial charge in [-0.15, -0.1) is 11.1 Å². The van der Waals surface area contributed by atoms with E-state index in [2.05, 4.69) is 123 Å². The maximum absolute atomic E-state index is 3.55. The van der Waals surface area contributed by atoms with E-state index < -0.39 is 16.1 Å². The lowest BCUT2D eigenvalue weighted by Gasteiger charge is -2.16. The number of hydrogen-bond acceptors (Lipinski definition) is 0. The molecule has 0 aliphatic heterocycles. The Hall–Kier alpha value is -3.05. The lowest BCUT2D eigenvalue weighted by molar-refractivity contribution is 1.72. The van der Waals surface area contributed by atoms with Gasteiger partial charge in [-0.3, -0.25) is 0 Å². The van der Waals surface area contributed by atoms with Gasteiger partial charge in [0, 0.05) is 11.1 Å². The van der Waals surface area contributed by atoms with E-state index in [9.17, 15) is 0 Å². The van der Waals surface area contributed by atoms with Crippen molar-refractivity contribution < 1.29 is 0 Å². The van der Waals surface area contributed by atoms with Crippen LogP contribution in [0.5, 0.6) is 0 Å². The molecule has 0 radical (unpaired) electrons. The van der Waals surface area contributed by atoms with Gasteiger partial charge in [-0.05, 0) is 55.2 Å². The summed E-state index contributed by atoms with van der Waals surface area (Å²) in [5.74, 6) is 7.03. The molecule has 0 unspecified atom stereocenters. The van der Waals surface area contributed by atoms with Gasteiger partial charge in [-0.2, -0.15) is 0 Å². The smallest absolute Gasteiger partial charge is 0.127 e. The van der Waals surface area contributed by atoms with Crippen LogP contribution in [0.4, 0.5) is 0 Å². The number of benzene rings is 5. The fourth-order valence-electron chi connectivity index (χ4n) is 4.44. The molecule has 0 heterocycles. The highest BCUT2D eigenvalue weighted by Gasteiger charge is 2.16. The van der Waals surface area contributed by atoms with Crippen molar-refractivity contribution in [2.45, 2.75) is 39.3 Å². The van der Waals surface area contributed by atoms with Crippen LogP contribution in [0.15, 0.2) is 60.7 Å². The molecule has 156 valence electrons. The Morgan fingerprint density at radius 1 is 0.438 bits per heavy atom. The van der Waals surface area contributed by atoms with E-state index in [-0.39, 0.29) is 0 Å². The molecule has 0 saturated carbocycles. The van der Waals surface area contributed by atoms with Crippen molar-refractivity contribution in [2.75, 3.05) is 0 Å². The van der Waals surface area contributed by atoms with E-state index in [1.807, 2.05) is 0 Å². The minimum absolute atomic E-state index is 1.14. The van der Waals surface area contributed by atoms with Crippen molar-refractivity contribution in [3.63, 3.8) is 0 Å². The van der Waals surface area contributed by atoms with Gasteiger partial charge in [0.1, 0.15) is 16.1 Å². The largest absolute Gasteiger partial charge is 0.129 e. The van der Waals surface area contributed by atoms with E-state index in [1.165, 1.54) is 43.1 Å². The molecule has 5 aromatic rings. The number of fused-ring (bicyclic) bond motifs is 2. The Morgan fingerprint density at radius 3 is 1.16 bits per heavy atom. The van der Waals surface area contributed by atoms with Crippen LogP contribution in [0.25, 0.3) is 43.1 Å². The summed E-state index contributed by atoms with van der Waals surface area (Å²) in [7, 11) is -2.89. The maximum Gasteiger partial charge on any atom is 0.129 e. The van der Waals surface area contributed by atoms with E-state index >= 15 is 0 Å². The monoisotopic (exact) mass is 444 g/mol. The molecule has 0 amide bonds. The molecule has 0 N–H and O–H groups in total. The highest BCUT2D eigenvalue weighted by atomic mass is 28.3. The van der Waals surface area contributed by atoms with Crippen LogP contribution in [0.3, 0.4) is 0 Å². The molecule has 0 bridgehead atoms. The zero-order chi connectivity index (χ0) is 22.7. The van der Waals surface area contributed by atoms with Gasteiger partial charge < -0.3 is 0 Å². The molecule has 0 spiro atoms. The first-order valence-corrected chi connectivity index (χ1v) is 18.3. The minimum atomic E-state index is -1.44. The van der Waals surface area contributed by atoms with Gasteiger partial charge in [0.25, 0.3) is 0 Å². The van der Waals surface area contributed by atoms with Crippen LogP contribution in [-0.2, 0) is 0 Å². The maximum atomic E-state index is 3.55. The SMILES string of the molecule is C[Si](C)(C)C#Cc1ccc2c3cccc4c(C#C[Si](C)(C)C)ccc(c5cccc1c52)c43. The molecule has 0 nitrogen and oxygen atoms in total. The second-order valence-electron chi connectivity index (χ2n) is 10.8. The van der Waals surface area contributed by atoms with Crippen LogP contribution < -0.4 is 0 Å². The predicted octanol–water partition coefficient (Wildman–Crippen LogP) is 8.20. The fraction of sp³-hybridized carbons (Fsp3) is 0.200. The topological polar surface area (TPSA) is 0 Å². The van der Waals surface area contributed by atoms with Gasteiger partial charge in [-0.25, -0.2) is 0 Å². The zero-order valence-corrected chi connectivity index (χ0v) is 21.8. The summed E-state index contributed by atoms with van der Waals surface area (Å²) in [5.41, 5.74) is 9.39. The predicted molar refractivity (Wildman–Crippen MR) is 148 cm³/mol. The van der Waals surface area contributed by atoms with Crippen molar-refractivity contribution in [3.8, 4) is 22.9 Å². The molecule has 2 heteroatoms. The van der Waals surface area contributed by atoms with Crippen molar-refractivity contribution in [3.05, 3.63) is 71.8 Å². The van der Waals surface area contributed by atoms with E-state index in [0.29, 0.717) is 0 Å². The number of rotatable bonds is 0. The van der Waals surface area contributed by atoms with Crippen molar-refractivity contribution in [1.29, 1.82) is 0 Å². The zero-order valence-electron chi connectivity index (χ0n) is 19.8. The second-order valence-corrected chi connectivity index (χ2v) is 20.3. The average Bonchev–Trinajstić information content (AvgIpc) is 2.73. The summed E-state index contributed by atoms with van der Waals surface area (Å²) in [6.07, 6.45) is 0. The molecule has 0 saturated heterocycles. The summed E-state index contributed by atoms with van der Waals surface area (Å²) >= 11 is 0. The van der Waals surface area contributed by atoms with Crippen molar-refractivity contribution in [1.82, 2.24) is 0 Å². The third-order valence-corrected chi connectivity index (χ3v) is 7.56. The lowest BCUT2D eigenvalue weighted by Crippen LogP contribution is -2.16. The Balaban J connectivity index is 1.91. The summed E-state index contributed by atoms with van der Waals surface area (Å²) < 4.78 is 0. The Bertz CT molecular complexity index is 1490. The summed E-state index contributed by atoms with van der Waals surface area (Å²) in [6.45, 7) is 13.8. The van der Waals surface area contributed by atoms with Gasteiger partial charge >= 0.3 is 0 Å². The standard InChI is InChI=1S/C30H28Si2/c1-31(2,3)19-17-21-13-15-27-26-12-8-10-24-22(18-20-32(4,5)6)14-16-28(30(24)26)25-11-7-9-23(21)29(25)27/h7-16H,1-6H3. The Morgan fingerprint density at radius 2 is 0.781 bits per heavy atom. The molecule has 0 aliphatic rings. The van der Waals surface area contributed by atoms with Crippen LogP contribution in [0, 0.1) is 22.9 Å².